The molecule has 2 fully saturated rings. The van der Waals surface area contributed by atoms with Gasteiger partial charge in [-0.3, -0.25) is 4.79 Å². The molecule has 0 bridgehead atoms. The summed E-state index contributed by atoms with van der Waals surface area (Å²) in [6.45, 7) is 3.28. The van der Waals surface area contributed by atoms with Crippen molar-refractivity contribution in [2.24, 2.45) is 11.8 Å². The van der Waals surface area contributed by atoms with Gasteiger partial charge in [0.15, 0.2) is 0 Å². The van der Waals surface area contributed by atoms with E-state index < -0.39 is 0 Å². The van der Waals surface area contributed by atoms with E-state index in [4.69, 9.17) is 23.2 Å². The molecule has 120 valence electrons. The largest absolute Gasteiger partial charge is 0.393 e. The summed E-state index contributed by atoms with van der Waals surface area (Å²) in [7, 11) is 0. The van der Waals surface area contributed by atoms with Gasteiger partial charge >= 0.3 is 0 Å². The average Bonchev–Trinajstić information content (AvgIpc) is 3.29. The number of piperidine rings is 1. The van der Waals surface area contributed by atoms with Gasteiger partial charge in [-0.1, -0.05) is 35.3 Å². The molecule has 1 aliphatic heterocycles. The van der Waals surface area contributed by atoms with Crippen molar-refractivity contribution >= 4 is 29.1 Å². The van der Waals surface area contributed by atoms with Crippen molar-refractivity contribution < 1.29 is 9.90 Å². The van der Waals surface area contributed by atoms with E-state index in [1.807, 2.05) is 24.0 Å². The second-order valence-electron chi connectivity index (χ2n) is 6.52. The zero-order chi connectivity index (χ0) is 15.9. The maximum absolute atomic E-state index is 12.7. The first kappa shape index (κ1) is 16.1. The van der Waals surface area contributed by atoms with Gasteiger partial charge in [-0.25, -0.2) is 0 Å². The summed E-state index contributed by atoms with van der Waals surface area (Å²) in [5, 5.41) is 10.9. The Morgan fingerprint density at radius 3 is 2.91 bits per heavy atom. The number of benzene rings is 1. The van der Waals surface area contributed by atoms with Crippen LogP contribution in [0.4, 0.5) is 0 Å². The van der Waals surface area contributed by atoms with Crippen molar-refractivity contribution in [1.29, 1.82) is 0 Å². The summed E-state index contributed by atoms with van der Waals surface area (Å²) in [6, 6.07) is 5.61. The first-order valence-electron chi connectivity index (χ1n) is 7.89. The smallest absolute Gasteiger partial charge is 0.226 e. The molecule has 1 aromatic carbocycles. The number of rotatable bonds is 3. The summed E-state index contributed by atoms with van der Waals surface area (Å²) >= 11 is 12.3. The normalized spacial score (nSPS) is 29.3. The van der Waals surface area contributed by atoms with E-state index in [1.54, 1.807) is 6.07 Å². The molecule has 0 aromatic heterocycles. The van der Waals surface area contributed by atoms with Crippen LogP contribution in [0.15, 0.2) is 18.2 Å². The van der Waals surface area contributed by atoms with Crippen LogP contribution in [0.2, 0.25) is 10.0 Å². The molecule has 0 radical (unpaired) electrons. The number of aliphatic hydroxyl groups is 1. The Morgan fingerprint density at radius 2 is 2.18 bits per heavy atom. The van der Waals surface area contributed by atoms with Crippen LogP contribution in [-0.4, -0.2) is 35.1 Å². The number of carbonyl (C=O) groups is 1. The van der Waals surface area contributed by atoms with E-state index in [1.165, 1.54) is 0 Å². The lowest BCUT2D eigenvalue weighted by atomic mass is 9.93. The number of amides is 1. The third-order valence-electron chi connectivity index (χ3n) is 4.94. The number of likely N-dealkylation sites (tertiary alicyclic amines) is 1. The highest BCUT2D eigenvalue weighted by atomic mass is 35.5. The topological polar surface area (TPSA) is 40.5 Å². The highest BCUT2D eigenvalue weighted by Gasteiger charge is 2.47. The average molecular weight is 342 g/mol. The number of carbonyl (C=O) groups excluding carboxylic acids is 1. The Labute approximate surface area is 141 Å². The molecule has 3 nitrogen and oxygen atoms in total. The lowest BCUT2D eigenvalue weighted by molar-refractivity contribution is -0.135. The zero-order valence-electron chi connectivity index (χ0n) is 12.6. The molecule has 0 spiro atoms. The van der Waals surface area contributed by atoms with Crippen LogP contribution >= 0.6 is 23.2 Å². The zero-order valence-corrected chi connectivity index (χ0v) is 14.1. The monoisotopic (exact) mass is 341 g/mol. The predicted octanol–water partition coefficient (Wildman–Crippen LogP) is 3.72. The summed E-state index contributed by atoms with van der Waals surface area (Å²) in [6.07, 6.45) is 2.45. The van der Waals surface area contributed by atoms with Crippen molar-refractivity contribution in [1.82, 2.24) is 4.90 Å². The third-order valence-corrected chi connectivity index (χ3v) is 5.77. The number of halogens is 2. The van der Waals surface area contributed by atoms with Gasteiger partial charge in [0, 0.05) is 24.9 Å². The first-order valence-corrected chi connectivity index (χ1v) is 8.65. The van der Waals surface area contributed by atoms with Crippen LogP contribution in [-0.2, 0) is 4.79 Å². The van der Waals surface area contributed by atoms with E-state index in [9.17, 15) is 9.90 Å². The molecule has 22 heavy (non-hydrogen) atoms. The van der Waals surface area contributed by atoms with E-state index in [0.29, 0.717) is 16.6 Å². The van der Waals surface area contributed by atoms with Gasteiger partial charge in [-0.15, -0.1) is 0 Å². The quantitative estimate of drug-likeness (QED) is 0.910. The molecule has 3 rings (SSSR count). The van der Waals surface area contributed by atoms with E-state index in [2.05, 4.69) is 0 Å². The van der Waals surface area contributed by atoms with Gasteiger partial charge in [-0.05, 0) is 43.7 Å². The number of aliphatic hydroxyl groups excluding tert-OH is 1. The third kappa shape index (κ3) is 3.12. The molecule has 1 aliphatic carbocycles. The number of hydrogen-bond donors (Lipinski definition) is 1. The highest BCUT2D eigenvalue weighted by Crippen LogP contribution is 2.51. The molecule has 2 aliphatic rings. The minimum absolute atomic E-state index is 0.0173. The Bertz CT molecular complexity index is 576. The second kappa shape index (κ2) is 6.38. The lowest BCUT2D eigenvalue weighted by Gasteiger charge is -2.34. The molecule has 4 atom stereocenters. The van der Waals surface area contributed by atoms with Gasteiger partial charge in [0.1, 0.15) is 0 Å². The first-order chi connectivity index (χ1) is 10.5. The molecule has 5 heteroatoms. The molecule has 1 saturated heterocycles. The fourth-order valence-corrected chi connectivity index (χ4v) is 3.90. The molecule has 1 heterocycles. The Hall–Kier alpha value is -0.770. The highest BCUT2D eigenvalue weighted by molar-refractivity contribution is 6.42. The molecule has 1 aromatic rings. The SMILES string of the molecule is CC(O)C1CCCN(C(=O)C2CC2c2cccc(Cl)c2Cl)C1. The van der Waals surface area contributed by atoms with Crippen molar-refractivity contribution in [3.8, 4) is 0 Å². The van der Waals surface area contributed by atoms with Crippen molar-refractivity contribution in [2.75, 3.05) is 13.1 Å². The van der Waals surface area contributed by atoms with E-state index >= 15 is 0 Å². The van der Waals surface area contributed by atoms with Gasteiger partial charge in [-0.2, -0.15) is 0 Å². The predicted molar refractivity (Wildman–Crippen MR) is 88.3 cm³/mol. The lowest BCUT2D eigenvalue weighted by Crippen LogP contribution is -2.43. The standard InChI is InChI=1S/C17H21Cl2NO2/c1-10(21)11-4-3-7-20(9-11)17(22)14-8-13(14)12-5-2-6-15(18)16(12)19/h2,5-6,10-11,13-14,21H,3-4,7-9H2,1H3. The van der Waals surface area contributed by atoms with Crippen LogP contribution in [0.3, 0.4) is 0 Å². The minimum Gasteiger partial charge on any atom is -0.393 e. The minimum atomic E-state index is -0.354. The summed E-state index contributed by atoms with van der Waals surface area (Å²) in [5.41, 5.74) is 0.983. The van der Waals surface area contributed by atoms with Gasteiger partial charge in [0.05, 0.1) is 16.1 Å². The number of nitrogens with zero attached hydrogens (tertiary/aromatic N) is 1. The van der Waals surface area contributed by atoms with Crippen LogP contribution in [0.5, 0.6) is 0 Å². The van der Waals surface area contributed by atoms with Crippen LogP contribution in [0, 0.1) is 11.8 Å². The second-order valence-corrected chi connectivity index (χ2v) is 7.30. The Kier molecular flexibility index (Phi) is 4.67. The van der Waals surface area contributed by atoms with Crippen LogP contribution in [0.25, 0.3) is 0 Å². The molecular weight excluding hydrogens is 321 g/mol. The summed E-state index contributed by atoms with van der Waals surface area (Å²) in [5.74, 6) is 0.602. The molecule has 1 saturated carbocycles. The maximum Gasteiger partial charge on any atom is 0.226 e. The molecule has 1 N–H and O–H groups in total. The van der Waals surface area contributed by atoms with Crippen LogP contribution < -0.4 is 0 Å². The van der Waals surface area contributed by atoms with E-state index in [-0.39, 0.29) is 29.8 Å². The molecular formula is C17H21Cl2NO2. The fraction of sp³-hybridized carbons (Fsp3) is 0.588. The maximum atomic E-state index is 12.7. The molecule has 4 unspecified atom stereocenters. The van der Waals surface area contributed by atoms with Gasteiger partial charge < -0.3 is 10.0 Å². The van der Waals surface area contributed by atoms with E-state index in [0.717, 1.165) is 31.4 Å². The summed E-state index contributed by atoms with van der Waals surface area (Å²) < 4.78 is 0. The Balaban J connectivity index is 1.66. The Morgan fingerprint density at radius 1 is 1.41 bits per heavy atom. The van der Waals surface area contributed by atoms with Crippen LogP contribution in [0.1, 0.15) is 37.7 Å². The number of hydrogen-bond acceptors (Lipinski definition) is 2. The summed E-state index contributed by atoms with van der Waals surface area (Å²) in [4.78, 5) is 14.6. The fourth-order valence-electron chi connectivity index (χ4n) is 3.46. The van der Waals surface area contributed by atoms with Crippen molar-refractivity contribution in [2.45, 2.75) is 38.2 Å². The molecule has 1 amide bonds. The van der Waals surface area contributed by atoms with Crippen molar-refractivity contribution in [3.63, 3.8) is 0 Å². The van der Waals surface area contributed by atoms with Gasteiger partial charge in [0.2, 0.25) is 5.91 Å². The van der Waals surface area contributed by atoms with Gasteiger partial charge in [0.25, 0.3) is 0 Å². The van der Waals surface area contributed by atoms with Crippen molar-refractivity contribution in [3.05, 3.63) is 33.8 Å².